The van der Waals surface area contributed by atoms with Crippen molar-refractivity contribution in [2.45, 2.75) is 38.8 Å². The van der Waals surface area contributed by atoms with E-state index in [4.69, 9.17) is 4.74 Å². The second-order valence-electron chi connectivity index (χ2n) is 5.21. The smallest absolute Gasteiger partial charge is 0.216 e. The van der Waals surface area contributed by atoms with Crippen molar-refractivity contribution in [1.82, 2.24) is 0 Å². The van der Waals surface area contributed by atoms with E-state index in [0.717, 1.165) is 17.6 Å². The Morgan fingerprint density at radius 1 is 1.35 bits per heavy atom. The van der Waals surface area contributed by atoms with Gasteiger partial charge in [0.25, 0.3) is 0 Å². The van der Waals surface area contributed by atoms with Gasteiger partial charge in [-0.2, -0.15) is 0 Å². The lowest BCUT2D eigenvalue weighted by Crippen LogP contribution is -2.34. The van der Waals surface area contributed by atoms with Crippen molar-refractivity contribution in [1.29, 1.82) is 0 Å². The number of nitrogens with zero attached hydrogens (tertiary/aromatic N) is 1. The Kier molecular flexibility index (Phi) is 3.05. The van der Waals surface area contributed by atoms with Crippen LogP contribution < -0.4 is 0 Å². The SMILES string of the molecule is C=C(C1=NC(C)(C)CC(C)O1)c1ccccc1. The molecule has 17 heavy (non-hydrogen) atoms. The number of benzene rings is 1. The maximum atomic E-state index is 5.79. The van der Waals surface area contributed by atoms with E-state index >= 15 is 0 Å². The average Bonchev–Trinajstić information content (AvgIpc) is 2.26. The summed E-state index contributed by atoms with van der Waals surface area (Å²) in [5.41, 5.74) is 1.87. The van der Waals surface area contributed by atoms with Gasteiger partial charge >= 0.3 is 0 Å². The summed E-state index contributed by atoms with van der Waals surface area (Å²) in [6.07, 6.45) is 1.14. The summed E-state index contributed by atoms with van der Waals surface area (Å²) < 4.78 is 5.79. The van der Waals surface area contributed by atoms with Gasteiger partial charge in [0.2, 0.25) is 5.90 Å². The predicted octanol–water partition coefficient (Wildman–Crippen LogP) is 3.69. The topological polar surface area (TPSA) is 21.6 Å². The molecule has 0 N–H and O–H groups in total. The van der Waals surface area contributed by atoms with E-state index in [-0.39, 0.29) is 11.6 Å². The Hall–Kier alpha value is -1.57. The van der Waals surface area contributed by atoms with Gasteiger partial charge in [-0.15, -0.1) is 0 Å². The monoisotopic (exact) mass is 229 g/mol. The molecule has 1 aromatic carbocycles. The molecule has 2 nitrogen and oxygen atoms in total. The van der Waals surface area contributed by atoms with Crippen LogP contribution in [0.2, 0.25) is 0 Å². The minimum Gasteiger partial charge on any atom is -0.474 e. The maximum Gasteiger partial charge on any atom is 0.216 e. The molecule has 2 heteroatoms. The van der Waals surface area contributed by atoms with E-state index < -0.39 is 0 Å². The van der Waals surface area contributed by atoms with Crippen molar-refractivity contribution in [2.24, 2.45) is 4.99 Å². The van der Waals surface area contributed by atoms with Crippen molar-refractivity contribution in [2.75, 3.05) is 0 Å². The Bertz CT molecular complexity index is 445. The van der Waals surface area contributed by atoms with Gasteiger partial charge in [-0.1, -0.05) is 36.9 Å². The number of aliphatic imine (C=N–C) groups is 1. The minimum atomic E-state index is -0.0648. The van der Waals surface area contributed by atoms with Crippen molar-refractivity contribution in [3.63, 3.8) is 0 Å². The molecule has 0 aromatic heterocycles. The van der Waals surface area contributed by atoms with Crippen molar-refractivity contribution >= 4 is 11.5 Å². The third-order valence-electron chi connectivity index (χ3n) is 2.88. The zero-order valence-electron chi connectivity index (χ0n) is 10.7. The summed E-state index contributed by atoms with van der Waals surface area (Å²) in [6, 6.07) is 10.0. The molecule has 0 amide bonds. The van der Waals surface area contributed by atoms with Crippen LogP contribution in [0.25, 0.3) is 5.57 Å². The zero-order chi connectivity index (χ0) is 12.5. The van der Waals surface area contributed by atoms with Gasteiger partial charge in [-0.25, -0.2) is 4.99 Å². The van der Waals surface area contributed by atoms with Crippen molar-refractivity contribution in [3.05, 3.63) is 42.5 Å². The first-order chi connectivity index (χ1) is 7.98. The van der Waals surface area contributed by atoms with Gasteiger partial charge in [-0.3, -0.25) is 0 Å². The highest BCUT2D eigenvalue weighted by atomic mass is 16.5. The molecule has 1 aromatic rings. The van der Waals surface area contributed by atoms with E-state index in [1.807, 2.05) is 30.3 Å². The van der Waals surface area contributed by atoms with Gasteiger partial charge < -0.3 is 4.74 Å². The average molecular weight is 229 g/mol. The number of rotatable bonds is 2. The number of hydrogen-bond donors (Lipinski definition) is 0. The first-order valence-electron chi connectivity index (χ1n) is 5.99. The lowest BCUT2D eigenvalue weighted by molar-refractivity contribution is 0.148. The van der Waals surface area contributed by atoms with Gasteiger partial charge in [-0.05, 0) is 26.3 Å². The highest BCUT2D eigenvalue weighted by molar-refractivity contribution is 6.19. The van der Waals surface area contributed by atoms with Crippen LogP contribution >= 0.6 is 0 Å². The summed E-state index contributed by atoms with van der Waals surface area (Å²) >= 11 is 0. The Labute approximate surface area is 103 Å². The highest BCUT2D eigenvalue weighted by Gasteiger charge is 2.29. The Balaban J connectivity index is 2.29. The van der Waals surface area contributed by atoms with E-state index in [0.29, 0.717) is 5.90 Å². The third-order valence-corrected chi connectivity index (χ3v) is 2.88. The third kappa shape index (κ3) is 2.76. The van der Waals surface area contributed by atoms with Crippen molar-refractivity contribution in [3.8, 4) is 0 Å². The first-order valence-corrected chi connectivity index (χ1v) is 5.99. The number of hydrogen-bond acceptors (Lipinski definition) is 2. The maximum absolute atomic E-state index is 5.79. The lowest BCUT2D eigenvalue weighted by Gasteiger charge is -2.32. The minimum absolute atomic E-state index is 0.0648. The van der Waals surface area contributed by atoms with Crippen molar-refractivity contribution < 1.29 is 4.74 Å². The van der Waals surface area contributed by atoms with E-state index in [1.54, 1.807) is 0 Å². The fraction of sp³-hybridized carbons (Fsp3) is 0.400. The molecule has 1 heterocycles. The second-order valence-corrected chi connectivity index (χ2v) is 5.21. The largest absolute Gasteiger partial charge is 0.474 e. The molecule has 0 radical (unpaired) electrons. The van der Waals surface area contributed by atoms with Crippen LogP contribution in [0.1, 0.15) is 32.8 Å². The van der Waals surface area contributed by atoms with Gasteiger partial charge in [0.15, 0.2) is 0 Å². The summed E-state index contributed by atoms with van der Waals surface area (Å²) in [7, 11) is 0. The van der Waals surface area contributed by atoms with Crippen LogP contribution in [0.4, 0.5) is 0 Å². The zero-order valence-corrected chi connectivity index (χ0v) is 10.7. The highest BCUT2D eigenvalue weighted by Crippen LogP contribution is 2.28. The Morgan fingerprint density at radius 3 is 2.59 bits per heavy atom. The summed E-state index contributed by atoms with van der Waals surface area (Å²) in [5.74, 6) is 0.681. The van der Waals surface area contributed by atoms with E-state index in [9.17, 15) is 0 Å². The molecule has 1 aliphatic rings. The summed E-state index contributed by atoms with van der Waals surface area (Å²) in [6.45, 7) is 10.4. The summed E-state index contributed by atoms with van der Waals surface area (Å²) in [4.78, 5) is 4.64. The second kappa shape index (κ2) is 4.36. The molecule has 2 rings (SSSR count). The predicted molar refractivity (Wildman–Crippen MR) is 72.2 cm³/mol. The number of ether oxygens (including phenoxy) is 1. The van der Waals surface area contributed by atoms with E-state index in [1.165, 1.54) is 0 Å². The molecule has 1 unspecified atom stereocenters. The summed E-state index contributed by atoms with van der Waals surface area (Å²) in [5, 5.41) is 0. The van der Waals surface area contributed by atoms with Crippen LogP contribution in [0, 0.1) is 0 Å². The van der Waals surface area contributed by atoms with Gasteiger partial charge in [0.05, 0.1) is 11.6 Å². The molecule has 90 valence electrons. The molecule has 1 aliphatic heterocycles. The fourth-order valence-electron chi connectivity index (χ4n) is 2.18. The molecular formula is C15H19NO. The van der Waals surface area contributed by atoms with E-state index in [2.05, 4.69) is 32.3 Å². The molecule has 0 saturated heterocycles. The first kappa shape index (κ1) is 11.9. The molecule has 0 aliphatic carbocycles. The van der Waals surface area contributed by atoms with Crippen LogP contribution in [-0.4, -0.2) is 17.5 Å². The molecule has 0 bridgehead atoms. The fourth-order valence-corrected chi connectivity index (χ4v) is 2.18. The van der Waals surface area contributed by atoms with Gasteiger partial charge in [0.1, 0.15) is 0 Å². The molecule has 0 fully saturated rings. The lowest BCUT2D eigenvalue weighted by atomic mass is 9.96. The standard InChI is InChI=1S/C15H19NO/c1-11-10-15(3,4)16-14(17-11)12(2)13-8-6-5-7-9-13/h5-9,11H,2,10H2,1,3-4H3. The van der Waals surface area contributed by atoms with Crippen LogP contribution in [0.3, 0.4) is 0 Å². The molecule has 1 atom stereocenters. The molecular weight excluding hydrogens is 210 g/mol. The normalized spacial score (nSPS) is 22.5. The van der Waals surface area contributed by atoms with Crippen LogP contribution in [-0.2, 0) is 4.74 Å². The van der Waals surface area contributed by atoms with Crippen LogP contribution in [0.15, 0.2) is 41.9 Å². The Morgan fingerprint density at radius 2 is 2.00 bits per heavy atom. The quantitative estimate of drug-likeness (QED) is 0.758. The molecule has 0 spiro atoms. The van der Waals surface area contributed by atoms with Gasteiger partial charge in [0, 0.05) is 12.0 Å². The van der Waals surface area contributed by atoms with Crippen LogP contribution in [0.5, 0.6) is 0 Å². The molecule has 0 saturated carbocycles.